The van der Waals surface area contributed by atoms with Gasteiger partial charge in [-0.3, -0.25) is 0 Å². The third-order valence-corrected chi connectivity index (χ3v) is 2.72. The van der Waals surface area contributed by atoms with E-state index in [0.29, 0.717) is 4.99 Å². The predicted molar refractivity (Wildman–Crippen MR) is 66.3 cm³/mol. The molecule has 0 aliphatic rings. The second-order valence-corrected chi connectivity index (χ2v) is 3.93. The van der Waals surface area contributed by atoms with Gasteiger partial charge in [0.05, 0.1) is 11.3 Å². The number of aromatic nitrogens is 2. The molecule has 0 aliphatic carbocycles. The van der Waals surface area contributed by atoms with Crippen LogP contribution in [0.3, 0.4) is 0 Å². The number of rotatable bonds is 3. The maximum absolute atomic E-state index is 5.71. The molecule has 0 aliphatic heterocycles. The van der Waals surface area contributed by atoms with Crippen LogP contribution < -0.4 is 10.6 Å². The summed E-state index contributed by atoms with van der Waals surface area (Å²) < 4.78 is 0. The van der Waals surface area contributed by atoms with Crippen LogP contribution in [0.1, 0.15) is 23.7 Å². The molecule has 0 aromatic carbocycles. The van der Waals surface area contributed by atoms with Crippen LogP contribution >= 0.6 is 12.2 Å². The molecule has 5 heteroatoms. The van der Waals surface area contributed by atoms with Crippen molar-refractivity contribution in [3.63, 3.8) is 0 Å². The van der Waals surface area contributed by atoms with Gasteiger partial charge in [-0.15, -0.1) is 5.10 Å². The quantitative estimate of drug-likeness (QED) is 0.781. The van der Waals surface area contributed by atoms with Crippen molar-refractivity contribution in [1.29, 1.82) is 0 Å². The Morgan fingerprint density at radius 1 is 1.40 bits per heavy atom. The Bertz CT molecular complexity index is 389. The van der Waals surface area contributed by atoms with Gasteiger partial charge in [0, 0.05) is 13.6 Å². The molecule has 0 fully saturated rings. The Balaban J connectivity index is 3.40. The van der Waals surface area contributed by atoms with Crippen molar-refractivity contribution in [3.8, 4) is 0 Å². The Hall–Kier alpha value is -1.23. The number of thiocarbonyl (C=S) groups is 1. The summed E-state index contributed by atoms with van der Waals surface area (Å²) in [5.41, 5.74) is 8.42. The zero-order valence-corrected chi connectivity index (χ0v) is 10.4. The molecule has 1 aromatic rings. The summed E-state index contributed by atoms with van der Waals surface area (Å²) in [6.07, 6.45) is 0. The topological polar surface area (TPSA) is 55.0 Å². The third-order valence-electron chi connectivity index (χ3n) is 2.52. The first-order chi connectivity index (χ1) is 6.99. The standard InChI is InChI=1S/C10H16N4S/c1-5-14(4)10-8(9(11)15)6(2)7(3)12-13-10/h5H2,1-4H3,(H2,11,15). The molecule has 15 heavy (non-hydrogen) atoms. The van der Waals surface area contributed by atoms with Crippen molar-refractivity contribution in [3.05, 3.63) is 16.8 Å². The molecule has 0 radical (unpaired) electrons. The molecule has 0 saturated heterocycles. The summed E-state index contributed by atoms with van der Waals surface area (Å²) in [4.78, 5) is 2.36. The molecule has 0 saturated carbocycles. The van der Waals surface area contributed by atoms with E-state index in [0.717, 1.165) is 29.2 Å². The van der Waals surface area contributed by atoms with E-state index >= 15 is 0 Å². The average molecular weight is 224 g/mol. The molecule has 0 atom stereocenters. The molecular formula is C10H16N4S. The highest BCUT2D eigenvalue weighted by Crippen LogP contribution is 2.20. The van der Waals surface area contributed by atoms with Crippen molar-refractivity contribution in [2.24, 2.45) is 5.73 Å². The van der Waals surface area contributed by atoms with E-state index in [1.54, 1.807) is 0 Å². The van der Waals surface area contributed by atoms with Crippen LogP contribution in [0.15, 0.2) is 0 Å². The molecule has 1 aromatic heterocycles. The van der Waals surface area contributed by atoms with Crippen LogP contribution in [0.25, 0.3) is 0 Å². The molecular weight excluding hydrogens is 208 g/mol. The summed E-state index contributed by atoms with van der Waals surface area (Å²) in [6.45, 7) is 6.75. The monoisotopic (exact) mass is 224 g/mol. The van der Waals surface area contributed by atoms with Gasteiger partial charge in [0.25, 0.3) is 0 Å². The summed E-state index contributed by atoms with van der Waals surface area (Å²) in [6, 6.07) is 0. The molecule has 82 valence electrons. The molecule has 1 rings (SSSR count). The SMILES string of the molecule is CCN(C)c1nnc(C)c(C)c1C(N)=S. The number of anilines is 1. The molecule has 4 nitrogen and oxygen atoms in total. The van der Waals surface area contributed by atoms with E-state index in [9.17, 15) is 0 Å². The summed E-state index contributed by atoms with van der Waals surface area (Å²) >= 11 is 5.05. The lowest BCUT2D eigenvalue weighted by Crippen LogP contribution is -2.24. The lowest BCUT2D eigenvalue weighted by Gasteiger charge is -2.20. The normalized spacial score (nSPS) is 10.1. The minimum Gasteiger partial charge on any atom is -0.389 e. The lowest BCUT2D eigenvalue weighted by atomic mass is 10.1. The van der Waals surface area contributed by atoms with Crippen LogP contribution in [0, 0.1) is 13.8 Å². The first kappa shape index (κ1) is 11.8. The van der Waals surface area contributed by atoms with Crippen molar-refractivity contribution in [2.75, 3.05) is 18.5 Å². The van der Waals surface area contributed by atoms with Gasteiger partial charge >= 0.3 is 0 Å². The fourth-order valence-corrected chi connectivity index (χ4v) is 1.55. The van der Waals surface area contributed by atoms with Gasteiger partial charge in [0.2, 0.25) is 0 Å². The van der Waals surface area contributed by atoms with Crippen LogP contribution in [0.4, 0.5) is 5.82 Å². The molecule has 0 spiro atoms. The fourth-order valence-electron chi connectivity index (χ4n) is 1.31. The Kier molecular flexibility index (Phi) is 3.57. The smallest absolute Gasteiger partial charge is 0.161 e. The van der Waals surface area contributed by atoms with E-state index in [2.05, 4.69) is 10.2 Å². The van der Waals surface area contributed by atoms with Crippen LogP contribution in [0.5, 0.6) is 0 Å². The summed E-state index contributed by atoms with van der Waals surface area (Å²) in [5.74, 6) is 0.758. The third kappa shape index (κ3) is 2.23. The van der Waals surface area contributed by atoms with Gasteiger partial charge < -0.3 is 10.6 Å². The minimum absolute atomic E-state index is 0.376. The van der Waals surface area contributed by atoms with Gasteiger partial charge in [-0.05, 0) is 26.3 Å². The number of nitrogens with zero attached hydrogens (tertiary/aromatic N) is 3. The molecule has 2 N–H and O–H groups in total. The second-order valence-electron chi connectivity index (χ2n) is 3.49. The highest BCUT2D eigenvalue weighted by atomic mass is 32.1. The largest absolute Gasteiger partial charge is 0.389 e. The van der Waals surface area contributed by atoms with Crippen molar-refractivity contribution < 1.29 is 0 Å². The zero-order chi connectivity index (χ0) is 11.6. The number of hydrogen-bond donors (Lipinski definition) is 1. The average Bonchev–Trinajstić information content (AvgIpc) is 2.20. The van der Waals surface area contributed by atoms with Gasteiger partial charge in [0.1, 0.15) is 4.99 Å². The first-order valence-electron chi connectivity index (χ1n) is 4.83. The maximum Gasteiger partial charge on any atom is 0.161 e. The minimum atomic E-state index is 0.376. The van der Waals surface area contributed by atoms with Gasteiger partial charge in [-0.25, -0.2) is 0 Å². The van der Waals surface area contributed by atoms with E-state index in [1.165, 1.54) is 0 Å². The van der Waals surface area contributed by atoms with E-state index in [4.69, 9.17) is 18.0 Å². The predicted octanol–water partition coefficient (Wildman–Crippen LogP) is 1.18. The number of nitrogens with two attached hydrogens (primary N) is 1. The second kappa shape index (κ2) is 4.53. The van der Waals surface area contributed by atoms with E-state index < -0.39 is 0 Å². The summed E-state index contributed by atoms with van der Waals surface area (Å²) in [5, 5.41) is 8.22. The molecule has 0 unspecified atom stereocenters. The van der Waals surface area contributed by atoms with Crippen molar-refractivity contribution in [2.45, 2.75) is 20.8 Å². The highest BCUT2D eigenvalue weighted by molar-refractivity contribution is 7.80. The number of aryl methyl sites for hydroxylation is 1. The maximum atomic E-state index is 5.71. The van der Waals surface area contributed by atoms with Gasteiger partial charge in [-0.1, -0.05) is 12.2 Å². The molecule has 1 heterocycles. The van der Waals surface area contributed by atoms with Crippen molar-refractivity contribution >= 4 is 23.0 Å². The fraction of sp³-hybridized carbons (Fsp3) is 0.500. The van der Waals surface area contributed by atoms with Crippen LogP contribution in [0.2, 0.25) is 0 Å². The Morgan fingerprint density at radius 2 is 2.00 bits per heavy atom. The highest BCUT2D eigenvalue weighted by Gasteiger charge is 2.15. The van der Waals surface area contributed by atoms with E-state index in [-0.39, 0.29) is 0 Å². The van der Waals surface area contributed by atoms with Crippen molar-refractivity contribution in [1.82, 2.24) is 10.2 Å². The van der Waals surface area contributed by atoms with Crippen LogP contribution in [-0.2, 0) is 0 Å². The summed E-state index contributed by atoms with van der Waals surface area (Å²) in [7, 11) is 1.94. The first-order valence-corrected chi connectivity index (χ1v) is 5.24. The lowest BCUT2D eigenvalue weighted by molar-refractivity contribution is 0.871. The molecule has 0 bridgehead atoms. The molecule has 0 amide bonds. The zero-order valence-electron chi connectivity index (χ0n) is 9.53. The van der Waals surface area contributed by atoms with Gasteiger partial charge in [-0.2, -0.15) is 5.10 Å². The number of hydrogen-bond acceptors (Lipinski definition) is 4. The van der Waals surface area contributed by atoms with Gasteiger partial charge in [0.15, 0.2) is 5.82 Å². The Labute approximate surface area is 95.5 Å². The Morgan fingerprint density at radius 3 is 2.47 bits per heavy atom. The van der Waals surface area contributed by atoms with Crippen LogP contribution in [-0.4, -0.2) is 28.8 Å². The van der Waals surface area contributed by atoms with E-state index in [1.807, 2.05) is 32.7 Å².